The molecule has 4 nitrogen and oxygen atoms in total. The van der Waals surface area contributed by atoms with Gasteiger partial charge in [0.1, 0.15) is 0 Å². The minimum absolute atomic E-state index is 0.0542. The molecule has 1 aromatic heterocycles. The number of thiazole rings is 1. The van der Waals surface area contributed by atoms with Crippen LogP contribution in [0.2, 0.25) is 0 Å². The Hall–Kier alpha value is -1.88. The van der Waals surface area contributed by atoms with Crippen LogP contribution in [0.1, 0.15) is 17.7 Å². The van der Waals surface area contributed by atoms with E-state index in [4.69, 9.17) is 5.73 Å². The first-order valence-electron chi connectivity index (χ1n) is 6.23. The summed E-state index contributed by atoms with van der Waals surface area (Å²) in [6.45, 7) is 0.632. The third-order valence-corrected chi connectivity index (χ3v) is 3.50. The van der Waals surface area contributed by atoms with Crippen LogP contribution >= 0.6 is 11.3 Å². The number of nitrogens with two attached hydrogens (primary N) is 1. The lowest BCUT2D eigenvalue weighted by molar-refractivity contribution is -0.121. The molecule has 1 amide bonds. The molecule has 1 aromatic carbocycles. The molecule has 0 saturated carbocycles. The number of hydrogen-bond donors (Lipinski definition) is 2. The van der Waals surface area contributed by atoms with Crippen LogP contribution in [0.15, 0.2) is 35.2 Å². The first-order chi connectivity index (χ1) is 9.25. The van der Waals surface area contributed by atoms with Crippen LogP contribution in [0.25, 0.3) is 0 Å². The second-order valence-electron chi connectivity index (χ2n) is 4.28. The Morgan fingerprint density at radius 2 is 2.16 bits per heavy atom. The van der Waals surface area contributed by atoms with E-state index in [1.807, 2.05) is 29.6 Å². The average molecular weight is 275 g/mol. The van der Waals surface area contributed by atoms with Crippen molar-refractivity contribution in [2.45, 2.75) is 19.3 Å². The van der Waals surface area contributed by atoms with E-state index in [2.05, 4.69) is 10.3 Å². The number of nitrogens with one attached hydrogen (secondary N) is 1. The van der Waals surface area contributed by atoms with Gasteiger partial charge in [-0.2, -0.15) is 0 Å². The van der Waals surface area contributed by atoms with Gasteiger partial charge >= 0.3 is 0 Å². The maximum Gasteiger partial charge on any atom is 0.220 e. The Morgan fingerprint density at radius 3 is 2.89 bits per heavy atom. The molecule has 0 aliphatic rings. The molecular weight excluding hydrogens is 258 g/mol. The second kappa shape index (κ2) is 6.89. The molecule has 0 unspecified atom stereocenters. The molecule has 100 valence electrons. The standard InChI is InChI=1S/C14H17N3OS/c15-13-4-2-1-3-11(13)5-6-14(18)16-8-7-12-9-19-10-17-12/h1-4,9-10H,5-8,15H2,(H,16,18). The van der Waals surface area contributed by atoms with Gasteiger partial charge in [0.15, 0.2) is 0 Å². The van der Waals surface area contributed by atoms with E-state index >= 15 is 0 Å². The number of rotatable bonds is 6. The zero-order valence-corrected chi connectivity index (χ0v) is 11.5. The molecule has 2 rings (SSSR count). The van der Waals surface area contributed by atoms with Gasteiger partial charge in [0, 0.05) is 30.5 Å². The lowest BCUT2D eigenvalue weighted by atomic mass is 10.1. The highest BCUT2D eigenvalue weighted by atomic mass is 32.1. The fraction of sp³-hybridized carbons (Fsp3) is 0.286. The minimum atomic E-state index is 0.0542. The number of carbonyl (C=O) groups is 1. The van der Waals surface area contributed by atoms with Gasteiger partial charge in [-0.1, -0.05) is 18.2 Å². The number of carbonyl (C=O) groups excluding carboxylic acids is 1. The number of aryl methyl sites for hydroxylation is 1. The maximum absolute atomic E-state index is 11.7. The third kappa shape index (κ3) is 4.37. The summed E-state index contributed by atoms with van der Waals surface area (Å²) in [4.78, 5) is 15.9. The van der Waals surface area contributed by atoms with E-state index in [0.29, 0.717) is 19.4 Å². The molecule has 1 heterocycles. The van der Waals surface area contributed by atoms with Crippen molar-refractivity contribution in [2.75, 3.05) is 12.3 Å². The van der Waals surface area contributed by atoms with Gasteiger partial charge < -0.3 is 11.1 Å². The van der Waals surface area contributed by atoms with Crippen LogP contribution in [0, 0.1) is 0 Å². The van der Waals surface area contributed by atoms with Crippen molar-refractivity contribution in [3.05, 3.63) is 46.4 Å². The molecule has 0 saturated heterocycles. The quantitative estimate of drug-likeness (QED) is 0.792. The SMILES string of the molecule is Nc1ccccc1CCC(=O)NCCc1cscn1. The number of nitrogen functional groups attached to an aromatic ring is 1. The monoisotopic (exact) mass is 275 g/mol. The van der Waals surface area contributed by atoms with Gasteiger partial charge in [-0.25, -0.2) is 4.98 Å². The molecule has 3 N–H and O–H groups in total. The molecular formula is C14H17N3OS. The zero-order valence-electron chi connectivity index (χ0n) is 10.6. The van der Waals surface area contributed by atoms with Crippen LogP contribution in [0.3, 0.4) is 0 Å². The molecule has 0 aliphatic heterocycles. The molecule has 0 spiro atoms. The summed E-state index contributed by atoms with van der Waals surface area (Å²) >= 11 is 1.57. The predicted octanol–water partition coefficient (Wildman–Crippen LogP) is 2.02. The number of nitrogens with zero attached hydrogens (tertiary/aromatic N) is 1. The van der Waals surface area contributed by atoms with Crippen molar-refractivity contribution in [3.8, 4) is 0 Å². The van der Waals surface area contributed by atoms with Gasteiger partial charge in [-0.15, -0.1) is 11.3 Å². The molecule has 2 aromatic rings. The van der Waals surface area contributed by atoms with Crippen LogP contribution in [0.5, 0.6) is 0 Å². The average Bonchev–Trinajstić information content (AvgIpc) is 2.91. The Morgan fingerprint density at radius 1 is 1.32 bits per heavy atom. The van der Waals surface area contributed by atoms with Crippen molar-refractivity contribution in [3.63, 3.8) is 0 Å². The Kier molecular flexibility index (Phi) is 4.92. The summed E-state index contributed by atoms with van der Waals surface area (Å²) in [5.41, 5.74) is 10.4. The van der Waals surface area contributed by atoms with Crippen molar-refractivity contribution in [1.82, 2.24) is 10.3 Å². The maximum atomic E-state index is 11.7. The number of amides is 1. The molecule has 0 atom stereocenters. The van der Waals surface area contributed by atoms with Crippen LogP contribution in [-0.4, -0.2) is 17.4 Å². The van der Waals surface area contributed by atoms with Gasteiger partial charge in [0.2, 0.25) is 5.91 Å². The summed E-state index contributed by atoms with van der Waals surface area (Å²) in [5.74, 6) is 0.0542. The number of benzene rings is 1. The summed E-state index contributed by atoms with van der Waals surface area (Å²) in [6.07, 6.45) is 1.92. The highest BCUT2D eigenvalue weighted by Crippen LogP contribution is 2.12. The predicted molar refractivity (Wildman–Crippen MR) is 78.0 cm³/mol. The Labute approximate surface area is 116 Å². The molecule has 5 heteroatoms. The summed E-state index contributed by atoms with van der Waals surface area (Å²) in [5, 5.41) is 4.89. The Balaban J connectivity index is 1.69. The number of para-hydroxylation sites is 1. The minimum Gasteiger partial charge on any atom is -0.399 e. The van der Waals surface area contributed by atoms with E-state index in [-0.39, 0.29) is 5.91 Å². The smallest absolute Gasteiger partial charge is 0.220 e. The molecule has 0 fully saturated rings. The van der Waals surface area contributed by atoms with Gasteiger partial charge in [-0.05, 0) is 18.1 Å². The van der Waals surface area contributed by atoms with Crippen molar-refractivity contribution in [2.24, 2.45) is 0 Å². The van der Waals surface area contributed by atoms with E-state index < -0.39 is 0 Å². The number of aromatic nitrogens is 1. The fourth-order valence-electron chi connectivity index (χ4n) is 1.79. The lowest BCUT2D eigenvalue weighted by Crippen LogP contribution is -2.26. The largest absolute Gasteiger partial charge is 0.399 e. The highest BCUT2D eigenvalue weighted by Gasteiger charge is 2.04. The second-order valence-corrected chi connectivity index (χ2v) is 5.00. The topological polar surface area (TPSA) is 68.0 Å². The van der Waals surface area contributed by atoms with Gasteiger partial charge in [0.25, 0.3) is 0 Å². The van der Waals surface area contributed by atoms with E-state index in [9.17, 15) is 4.79 Å². The zero-order chi connectivity index (χ0) is 13.5. The van der Waals surface area contributed by atoms with E-state index in [1.54, 1.807) is 16.8 Å². The highest BCUT2D eigenvalue weighted by molar-refractivity contribution is 7.07. The molecule has 0 bridgehead atoms. The van der Waals surface area contributed by atoms with Crippen molar-refractivity contribution in [1.29, 1.82) is 0 Å². The van der Waals surface area contributed by atoms with E-state index in [0.717, 1.165) is 23.4 Å². The number of hydrogen-bond acceptors (Lipinski definition) is 4. The van der Waals surface area contributed by atoms with Gasteiger partial charge in [-0.3, -0.25) is 4.79 Å². The molecule has 0 aliphatic carbocycles. The van der Waals surface area contributed by atoms with Crippen LogP contribution < -0.4 is 11.1 Å². The Bertz CT molecular complexity index is 525. The summed E-state index contributed by atoms with van der Waals surface area (Å²) in [6, 6.07) is 7.64. The normalized spacial score (nSPS) is 10.3. The molecule has 19 heavy (non-hydrogen) atoms. The van der Waals surface area contributed by atoms with Crippen molar-refractivity contribution >= 4 is 22.9 Å². The van der Waals surface area contributed by atoms with E-state index in [1.165, 1.54) is 0 Å². The lowest BCUT2D eigenvalue weighted by Gasteiger charge is -2.06. The third-order valence-electron chi connectivity index (χ3n) is 2.86. The summed E-state index contributed by atoms with van der Waals surface area (Å²) in [7, 11) is 0. The van der Waals surface area contributed by atoms with Gasteiger partial charge in [0.05, 0.1) is 11.2 Å². The fourth-order valence-corrected chi connectivity index (χ4v) is 2.38. The first-order valence-corrected chi connectivity index (χ1v) is 7.17. The van der Waals surface area contributed by atoms with Crippen LogP contribution in [0.4, 0.5) is 5.69 Å². The van der Waals surface area contributed by atoms with Crippen LogP contribution in [-0.2, 0) is 17.6 Å². The molecule has 0 radical (unpaired) electrons. The number of anilines is 1. The summed E-state index contributed by atoms with van der Waals surface area (Å²) < 4.78 is 0. The first kappa shape index (κ1) is 13.5. The van der Waals surface area contributed by atoms with Crippen molar-refractivity contribution < 1.29 is 4.79 Å².